The predicted molar refractivity (Wildman–Crippen MR) is 316 cm³/mol. The van der Waals surface area contributed by atoms with Crippen LogP contribution in [0.3, 0.4) is 0 Å². The Bertz CT molecular complexity index is 4500. The van der Waals surface area contributed by atoms with Crippen molar-refractivity contribution in [2.75, 3.05) is 4.90 Å². The van der Waals surface area contributed by atoms with E-state index >= 15 is 0 Å². The molecule has 2 nitrogen and oxygen atoms in total. The van der Waals surface area contributed by atoms with Crippen molar-refractivity contribution in [1.29, 1.82) is 0 Å². The van der Waals surface area contributed by atoms with Crippen LogP contribution in [0.2, 0.25) is 0 Å². The van der Waals surface area contributed by atoms with Crippen molar-refractivity contribution in [3.05, 3.63) is 294 Å². The highest BCUT2D eigenvalue weighted by Gasteiger charge is 2.54. The minimum absolute atomic E-state index is 0.338. The number of nitrogens with zero attached hydrogens (tertiary/aromatic N) is 1. The van der Waals surface area contributed by atoms with E-state index in [2.05, 4.69) is 280 Å². The van der Waals surface area contributed by atoms with Gasteiger partial charge in [-0.25, -0.2) is 0 Å². The van der Waals surface area contributed by atoms with Gasteiger partial charge in [-0.05, 0) is 159 Å². The summed E-state index contributed by atoms with van der Waals surface area (Å²) in [5, 5.41) is 4.61. The molecular formula is C74H49NO. The summed E-state index contributed by atoms with van der Waals surface area (Å²) in [5.74, 6) is 0. The quantitative estimate of drug-likeness (QED) is 0.165. The summed E-state index contributed by atoms with van der Waals surface area (Å²) in [4.78, 5) is 2.44. The first kappa shape index (κ1) is 43.0. The Balaban J connectivity index is 1.04. The lowest BCUT2D eigenvalue weighted by Gasteiger charge is -2.32. The van der Waals surface area contributed by atoms with Gasteiger partial charge in [0.15, 0.2) is 5.58 Å². The number of rotatable bonds is 6. The van der Waals surface area contributed by atoms with E-state index in [9.17, 15) is 0 Å². The average Bonchev–Trinajstić information content (AvgIpc) is 4.28. The van der Waals surface area contributed by atoms with Crippen molar-refractivity contribution in [1.82, 2.24) is 0 Å². The molecule has 0 unspecified atom stereocenters. The lowest BCUT2D eigenvalue weighted by atomic mass is 9.69. The van der Waals surface area contributed by atoms with Crippen molar-refractivity contribution >= 4 is 49.8 Å². The Labute approximate surface area is 442 Å². The van der Waals surface area contributed by atoms with Crippen molar-refractivity contribution in [3.63, 3.8) is 0 Å². The van der Waals surface area contributed by atoms with Gasteiger partial charge < -0.3 is 9.32 Å². The van der Waals surface area contributed by atoms with Crippen LogP contribution in [0.5, 0.6) is 0 Å². The maximum absolute atomic E-state index is 6.96. The molecule has 13 aromatic rings. The summed E-state index contributed by atoms with van der Waals surface area (Å²) in [5.41, 5.74) is 27.0. The van der Waals surface area contributed by atoms with Crippen molar-refractivity contribution in [2.45, 2.75) is 24.7 Å². The highest BCUT2D eigenvalue weighted by molar-refractivity contribution is 6.11. The van der Waals surface area contributed by atoms with Gasteiger partial charge in [-0.1, -0.05) is 226 Å². The number of furan rings is 1. The van der Waals surface area contributed by atoms with Gasteiger partial charge in [0.05, 0.1) is 11.1 Å². The van der Waals surface area contributed by atoms with Gasteiger partial charge in [-0.15, -0.1) is 0 Å². The lowest BCUT2D eigenvalue weighted by molar-refractivity contribution is 0.661. The summed E-state index contributed by atoms with van der Waals surface area (Å²) >= 11 is 0. The fourth-order valence-corrected chi connectivity index (χ4v) is 14.1. The molecule has 1 heterocycles. The highest BCUT2D eigenvalue weighted by atomic mass is 16.3. The summed E-state index contributed by atoms with van der Waals surface area (Å²) in [6, 6.07) is 97.1. The van der Waals surface area contributed by atoms with Gasteiger partial charge >= 0.3 is 0 Å². The molecule has 0 aliphatic heterocycles. The summed E-state index contributed by atoms with van der Waals surface area (Å²) in [6.07, 6.45) is 0. The van der Waals surface area contributed by atoms with Crippen LogP contribution < -0.4 is 4.90 Å². The Morgan fingerprint density at radius 3 is 1.59 bits per heavy atom. The van der Waals surface area contributed by atoms with Crippen molar-refractivity contribution < 1.29 is 4.42 Å². The molecule has 2 heteroatoms. The smallest absolute Gasteiger partial charge is 0.159 e. The average molecular weight is 968 g/mol. The third-order valence-electron chi connectivity index (χ3n) is 17.2. The molecule has 1 aromatic heterocycles. The Morgan fingerprint density at radius 2 is 0.855 bits per heavy atom. The second-order valence-corrected chi connectivity index (χ2v) is 21.4. The third-order valence-corrected chi connectivity index (χ3v) is 17.2. The second kappa shape index (κ2) is 16.0. The first-order chi connectivity index (χ1) is 37.5. The molecule has 3 aliphatic rings. The van der Waals surface area contributed by atoms with Crippen LogP contribution in [0.25, 0.3) is 99.5 Å². The summed E-state index contributed by atoms with van der Waals surface area (Å²) in [7, 11) is 0. The van der Waals surface area contributed by atoms with E-state index in [-0.39, 0.29) is 5.41 Å². The number of hydrogen-bond acceptors (Lipinski definition) is 2. The maximum Gasteiger partial charge on any atom is 0.159 e. The lowest BCUT2D eigenvalue weighted by Crippen LogP contribution is -2.26. The van der Waals surface area contributed by atoms with Crippen LogP contribution in [-0.2, 0) is 10.8 Å². The van der Waals surface area contributed by atoms with E-state index in [0.717, 1.165) is 55.7 Å². The predicted octanol–water partition coefficient (Wildman–Crippen LogP) is 19.9. The Kier molecular flexibility index (Phi) is 9.04. The van der Waals surface area contributed by atoms with E-state index in [1.165, 1.54) is 94.2 Å². The van der Waals surface area contributed by atoms with Gasteiger partial charge in [-0.2, -0.15) is 0 Å². The molecule has 0 amide bonds. The molecule has 3 aliphatic carbocycles. The first-order valence-corrected chi connectivity index (χ1v) is 26.6. The Hall–Kier alpha value is -9.50. The van der Waals surface area contributed by atoms with Crippen LogP contribution >= 0.6 is 0 Å². The molecule has 76 heavy (non-hydrogen) atoms. The number of hydrogen-bond donors (Lipinski definition) is 0. The fraction of sp³-hybridized carbons (Fsp3) is 0.0541. The van der Waals surface area contributed by atoms with Crippen molar-refractivity contribution in [2.24, 2.45) is 0 Å². The van der Waals surface area contributed by atoms with E-state index < -0.39 is 5.41 Å². The third kappa shape index (κ3) is 5.87. The molecule has 12 aromatic carbocycles. The normalized spacial score (nSPS) is 13.9. The standard InChI is InChI=1S/C74H49NO/c1-73(2)62-32-13-10-28-59(62)70-69-60-29-11-16-35-65(60)74(63-33-14-8-25-55(63)56-26-9-15-34-64(56)74)66(69)45-61(71(70)73)50-42-49(54-30-18-23-48-22-6-7-24-53(48)54)43-52(44-50)75(51-40-38-47(39-41-51)46-20-4-3-5-21-46)67-36-19-31-58-57-27-12-17-37-68(57)76-72(58)67/h3-45H,1-2H3. The molecule has 356 valence electrons. The molecule has 0 radical (unpaired) electrons. The van der Waals surface area contributed by atoms with E-state index in [0.29, 0.717) is 0 Å². The highest BCUT2D eigenvalue weighted by Crippen LogP contribution is 2.68. The fourth-order valence-electron chi connectivity index (χ4n) is 14.1. The van der Waals surface area contributed by atoms with Gasteiger partial charge in [0.25, 0.3) is 0 Å². The molecule has 0 N–H and O–H groups in total. The topological polar surface area (TPSA) is 16.4 Å². The maximum atomic E-state index is 6.96. The van der Waals surface area contributed by atoms with Crippen LogP contribution in [-0.4, -0.2) is 0 Å². The van der Waals surface area contributed by atoms with Gasteiger partial charge in [0.2, 0.25) is 0 Å². The van der Waals surface area contributed by atoms with Gasteiger partial charge in [0.1, 0.15) is 5.58 Å². The molecule has 0 saturated heterocycles. The molecule has 0 saturated carbocycles. The number of anilines is 3. The molecule has 0 bridgehead atoms. The SMILES string of the molecule is CC1(C)c2ccccc2-c2c3c(cc(-c4cc(-c5cccc6ccccc56)cc(N(c5ccc(-c6ccccc6)cc5)c5cccc6c5oc5ccccc56)c4)c21)C1(c2ccccc2-c2ccccc21)c1ccccc1-3. The number of benzene rings is 12. The minimum atomic E-state index is -0.538. The zero-order valence-electron chi connectivity index (χ0n) is 42.2. The van der Waals surface area contributed by atoms with E-state index in [1.807, 2.05) is 0 Å². The van der Waals surface area contributed by atoms with Gasteiger partial charge in [0, 0.05) is 27.6 Å². The first-order valence-electron chi connectivity index (χ1n) is 26.6. The number of para-hydroxylation sites is 2. The zero-order valence-corrected chi connectivity index (χ0v) is 42.2. The zero-order chi connectivity index (χ0) is 50.3. The molecule has 0 fully saturated rings. The second-order valence-electron chi connectivity index (χ2n) is 21.4. The Morgan fingerprint density at radius 1 is 0.329 bits per heavy atom. The van der Waals surface area contributed by atoms with Crippen molar-refractivity contribution in [3.8, 4) is 66.8 Å². The number of fused-ring (bicyclic) bond motifs is 18. The molecule has 0 atom stereocenters. The summed E-state index contributed by atoms with van der Waals surface area (Å²) < 4.78 is 6.96. The van der Waals surface area contributed by atoms with E-state index in [1.54, 1.807) is 0 Å². The molecule has 1 spiro atoms. The van der Waals surface area contributed by atoms with Crippen LogP contribution in [0.4, 0.5) is 17.1 Å². The summed E-state index contributed by atoms with van der Waals surface area (Å²) in [6.45, 7) is 4.89. The van der Waals surface area contributed by atoms with Crippen LogP contribution in [0.1, 0.15) is 47.2 Å². The van der Waals surface area contributed by atoms with Crippen LogP contribution in [0.15, 0.2) is 265 Å². The van der Waals surface area contributed by atoms with E-state index in [4.69, 9.17) is 4.42 Å². The monoisotopic (exact) mass is 967 g/mol. The molecular weight excluding hydrogens is 919 g/mol. The van der Waals surface area contributed by atoms with Gasteiger partial charge in [-0.3, -0.25) is 0 Å². The molecule has 16 rings (SSSR count). The minimum Gasteiger partial charge on any atom is -0.454 e. The van der Waals surface area contributed by atoms with Crippen LogP contribution in [0, 0.1) is 0 Å². The largest absolute Gasteiger partial charge is 0.454 e.